The van der Waals surface area contributed by atoms with E-state index in [0.717, 1.165) is 0 Å². The molecule has 1 heterocycles. The van der Waals surface area contributed by atoms with E-state index in [-0.39, 0.29) is 15.6 Å². The standard InChI is InChI=1S/C14H19N3O5S2/c1-4-17(5-2)24(20,21)13-8-6-12(7-9-13)23(18,19)16-14-10-11(3)22-15-14/h6-10H,4-5H2,1-3H3,(H,15,16). The van der Waals surface area contributed by atoms with Crippen LogP contribution in [0.3, 0.4) is 0 Å². The lowest BCUT2D eigenvalue weighted by molar-refractivity contribution is 0.400. The molecule has 0 bridgehead atoms. The van der Waals surface area contributed by atoms with E-state index >= 15 is 0 Å². The molecule has 0 saturated heterocycles. The van der Waals surface area contributed by atoms with Crippen molar-refractivity contribution in [1.29, 1.82) is 0 Å². The number of hydrogen-bond acceptors (Lipinski definition) is 6. The zero-order valence-electron chi connectivity index (χ0n) is 13.6. The Hall–Kier alpha value is -1.91. The molecule has 10 heteroatoms. The second kappa shape index (κ2) is 6.91. The summed E-state index contributed by atoms with van der Waals surface area (Å²) < 4.78 is 57.7. The van der Waals surface area contributed by atoms with E-state index < -0.39 is 20.0 Å². The number of rotatable bonds is 7. The third-order valence-corrected chi connectivity index (χ3v) is 6.78. The number of nitrogens with one attached hydrogen (secondary N) is 1. The van der Waals surface area contributed by atoms with E-state index in [1.165, 1.54) is 34.6 Å². The van der Waals surface area contributed by atoms with Crippen molar-refractivity contribution < 1.29 is 21.4 Å². The summed E-state index contributed by atoms with van der Waals surface area (Å²) in [5.74, 6) is 0.528. The molecule has 0 unspecified atom stereocenters. The Morgan fingerprint density at radius 2 is 1.58 bits per heavy atom. The van der Waals surface area contributed by atoms with Crippen LogP contribution in [-0.4, -0.2) is 39.4 Å². The minimum atomic E-state index is -3.87. The SMILES string of the molecule is CCN(CC)S(=O)(=O)c1ccc(S(=O)(=O)Nc2cc(C)on2)cc1. The van der Waals surface area contributed by atoms with Crippen LogP contribution < -0.4 is 4.72 Å². The molecule has 2 aromatic rings. The third kappa shape index (κ3) is 3.77. The highest BCUT2D eigenvalue weighted by Crippen LogP contribution is 2.20. The predicted molar refractivity (Wildman–Crippen MR) is 88.6 cm³/mol. The van der Waals surface area contributed by atoms with Crippen LogP contribution in [0.1, 0.15) is 19.6 Å². The van der Waals surface area contributed by atoms with Crippen LogP contribution in [0.4, 0.5) is 5.82 Å². The number of aromatic nitrogens is 1. The van der Waals surface area contributed by atoms with Crippen LogP contribution in [0.15, 0.2) is 44.6 Å². The maximum atomic E-state index is 12.4. The molecule has 0 spiro atoms. The van der Waals surface area contributed by atoms with Crippen molar-refractivity contribution in [2.45, 2.75) is 30.6 Å². The van der Waals surface area contributed by atoms with Crippen molar-refractivity contribution >= 4 is 25.9 Å². The van der Waals surface area contributed by atoms with Gasteiger partial charge in [0.25, 0.3) is 10.0 Å². The van der Waals surface area contributed by atoms with Gasteiger partial charge in [0.2, 0.25) is 10.0 Å². The summed E-state index contributed by atoms with van der Waals surface area (Å²) in [6.07, 6.45) is 0. The molecule has 0 aliphatic rings. The Bertz CT molecular complexity index is 898. The van der Waals surface area contributed by atoms with Crippen LogP contribution in [0.2, 0.25) is 0 Å². The molecule has 0 atom stereocenters. The number of sulfonamides is 2. The lowest BCUT2D eigenvalue weighted by atomic mass is 10.4. The zero-order chi connectivity index (χ0) is 18.0. The first-order valence-electron chi connectivity index (χ1n) is 7.27. The van der Waals surface area contributed by atoms with Crippen molar-refractivity contribution in [2.24, 2.45) is 0 Å². The molecule has 1 aromatic carbocycles. The summed E-state index contributed by atoms with van der Waals surface area (Å²) >= 11 is 0. The minimum Gasteiger partial charge on any atom is -0.360 e. The summed E-state index contributed by atoms with van der Waals surface area (Å²) in [7, 11) is -7.50. The molecule has 0 aliphatic heterocycles. The van der Waals surface area contributed by atoms with E-state index in [2.05, 4.69) is 9.88 Å². The van der Waals surface area contributed by atoms with Gasteiger partial charge in [0, 0.05) is 19.2 Å². The number of aryl methyl sites for hydroxylation is 1. The Labute approximate surface area is 141 Å². The van der Waals surface area contributed by atoms with Crippen LogP contribution in [0.5, 0.6) is 0 Å². The van der Waals surface area contributed by atoms with Crippen molar-refractivity contribution in [3.05, 3.63) is 36.1 Å². The summed E-state index contributed by atoms with van der Waals surface area (Å²) in [5.41, 5.74) is 0. The van der Waals surface area contributed by atoms with Gasteiger partial charge in [-0.2, -0.15) is 4.31 Å². The smallest absolute Gasteiger partial charge is 0.263 e. The molecule has 0 amide bonds. The highest BCUT2D eigenvalue weighted by Gasteiger charge is 2.23. The molecular weight excluding hydrogens is 354 g/mol. The first kappa shape index (κ1) is 18.4. The van der Waals surface area contributed by atoms with Gasteiger partial charge >= 0.3 is 0 Å². The first-order chi connectivity index (χ1) is 11.2. The van der Waals surface area contributed by atoms with Gasteiger partial charge in [-0.15, -0.1) is 0 Å². The fourth-order valence-electron chi connectivity index (χ4n) is 2.11. The van der Waals surface area contributed by atoms with Gasteiger partial charge in [0.1, 0.15) is 5.76 Å². The predicted octanol–water partition coefficient (Wildman–Crippen LogP) is 1.81. The second-order valence-electron chi connectivity index (χ2n) is 4.99. The molecule has 0 radical (unpaired) electrons. The Morgan fingerprint density at radius 3 is 2.04 bits per heavy atom. The summed E-state index contributed by atoms with van der Waals surface area (Å²) in [6, 6.07) is 6.47. The van der Waals surface area contributed by atoms with Crippen LogP contribution in [-0.2, 0) is 20.0 Å². The number of nitrogens with zero attached hydrogens (tertiary/aromatic N) is 2. The lowest BCUT2D eigenvalue weighted by Crippen LogP contribution is -2.30. The molecule has 1 N–H and O–H groups in total. The normalized spacial score (nSPS) is 12.5. The van der Waals surface area contributed by atoms with Gasteiger partial charge in [-0.1, -0.05) is 19.0 Å². The summed E-state index contributed by atoms with van der Waals surface area (Å²) in [4.78, 5) is -0.0240. The molecule has 0 aliphatic carbocycles. The largest absolute Gasteiger partial charge is 0.360 e. The quantitative estimate of drug-likeness (QED) is 0.793. The molecule has 0 fully saturated rings. The molecule has 2 rings (SSSR count). The van der Waals surface area contributed by atoms with Gasteiger partial charge in [-0.05, 0) is 31.2 Å². The van der Waals surface area contributed by atoms with Crippen LogP contribution >= 0.6 is 0 Å². The second-order valence-corrected chi connectivity index (χ2v) is 8.61. The summed E-state index contributed by atoms with van der Waals surface area (Å²) in [6.45, 7) is 5.79. The van der Waals surface area contributed by atoms with Gasteiger partial charge in [0.15, 0.2) is 5.82 Å². The fourth-order valence-corrected chi connectivity index (χ4v) is 4.56. The van der Waals surface area contributed by atoms with Gasteiger partial charge < -0.3 is 4.52 Å². The van der Waals surface area contributed by atoms with Crippen molar-refractivity contribution in [3.63, 3.8) is 0 Å². The summed E-state index contributed by atoms with van der Waals surface area (Å²) in [5, 5.41) is 3.56. The van der Waals surface area contributed by atoms with Crippen molar-refractivity contribution in [3.8, 4) is 0 Å². The van der Waals surface area contributed by atoms with E-state index in [9.17, 15) is 16.8 Å². The highest BCUT2D eigenvalue weighted by molar-refractivity contribution is 7.92. The maximum absolute atomic E-state index is 12.4. The van der Waals surface area contributed by atoms with E-state index in [0.29, 0.717) is 18.8 Å². The van der Waals surface area contributed by atoms with E-state index in [1.807, 2.05) is 0 Å². The average Bonchev–Trinajstić information content (AvgIpc) is 2.92. The number of hydrogen-bond donors (Lipinski definition) is 1. The Morgan fingerprint density at radius 1 is 1.04 bits per heavy atom. The molecule has 0 saturated carbocycles. The monoisotopic (exact) mass is 373 g/mol. The average molecular weight is 373 g/mol. The van der Waals surface area contributed by atoms with E-state index in [4.69, 9.17) is 4.52 Å². The molecule has 1 aromatic heterocycles. The molecule has 24 heavy (non-hydrogen) atoms. The maximum Gasteiger partial charge on any atom is 0.263 e. The van der Waals surface area contributed by atoms with Gasteiger partial charge in [-0.25, -0.2) is 16.8 Å². The highest BCUT2D eigenvalue weighted by atomic mass is 32.2. The number of benzene rings is 1. The fraction of sp³-hybridized carbons (Fsp3) is 0.357. The van der Waals surface area contributed by atoms with Crippen LogP contribution in [0.25, 0.3) is 0 Å². The lowest BCUT2D eigenvalue weighted by Gasteiger charge is -2.18. The third-order valence-electron chi connectivity index (χ3n) is 3.34. The van der Waals surface area contributed by atoms with Crippen molar-refractivity contribution in [2.75, 3.05) is 17.8 Å². The Balaban J connectivity index is 2.28. The van der Waals surface area contributed by atoms with Gasteiger partial charge in [0.05, 0.1) is 9.79 Å². The molecule has 132 valence electrons. The Kier molecular flexibility index (Phi) is 5.31. The number of anilines is 1. The minimum absolute atomic E-state index is 0.0439. The van der Waals surface area contributed by atoms with Gasteiger partial charge in [-0.3, -0.25) is 4.72 Å². The van der Waals surface area contributed by atoms with Crippen molar-refractivity contribution in [1.82, 2.24) is 9.46 Å². The van der Waals surface area contributed by atoms with Crippen LogP contribution in [0, 0.1) is 6.92 Å². The van der Waals surface area contributed by atoms with E-state index in [1.54, 1.807) is 20.8 Å². The topological polar surface area (TPSA) is 110 Å². The molecular formula is C14H19N3O5S2. The molecule has 8 nitrogen and oxygen atoms in total. The first-order valence-corrected chi connectivity index (χ1v) is 10.2. The zero-order valence-corrected chi connectivity index (χ0v) is 15.2.